The number of carbonyl (C=O) groups is 3. The van der Waals surface area contributed by atoms with E-state index in [1.54, 1.807) is 30.0 Å². The zero-order valence-electron chi connectivity index (χ0n) is 22.5. The van der Waals surface area contributed by atoms with Gasteiger partial charge in [-0.3, -0.25) is 4.90 Å². The van der Waals surface area contributed by atoms with Crippen molar-refractivity contribution >= 4 is 35.1 Å². The number of amides is 4. The molecule has 4 rings (SSSR count). The summed E-state index contributed by atoms with van der Waals surface area (Å²) in [6.45, 7) is 6.41. The van der Waals surface area contributed by atoms with Crippen molar-refractivity contribution in [2.24, 2.45) is 0 Å². The number of aryl methyl sites for hydroxylation is 1. The smallest absolute Gasteiger partial charge is 0.338 e. The summed E-state index contributed by atoms with van der Waals surface area (Å²) in [5.41, 5.74) is 4.50. The fourth-order valence-corrected chi connectivity index (χ4v) is 4.58. The van der Waals surface area contributed by atoms with Gasteiger partial charge in [-0.25, -0.2) is 14.4 Å². The van der Waals surface area contributed by atoms with Crippen LogP contribution in [0, 0.1) is 6.92 Å². The van der Waals surface area contributed by atoms with Gasteiger partial charge in [-0.2, -0.15) is 0 Å². The van der Waals surface area contributed by atoms with E-state index < -0.39 is 18.0 Å². The molecule has 1 heterocycles. The van der Waals surface area contributed by atoms with Crippen molar-refractivity contribution in [1.29, 1.82) is 0 Å². The fraction of sp³-hybridized carbons (Fsp3) is 0.258. The van der Waals surface area contributed by atoms with Crippen LogP contribution in [0.1, 0.15) is 49.4 Å². The first-order valence-electron chi connectivity index (χ1n) is 13.2. The lowest BCUT2D eigenvalue weighted by atomic mass is 9.91. The second-order valence-electron chi connectivity index (χ2n) is 9.31. The van der Waals surface area contributed by atoms with Gasteiger partial charge >= 0.3 is 18.0 Å². The Morgan fingerprint density at radius 3 is 2.28 bits per heavy atom. The molecule has 0 saturated heterocycles. The summed E-state index contributed by atoms with van der Waals surface area (Å²) in [6, 6.07) is 22.6. The van der Waals surface area contributed by atoms with Gasteiger partial charge in [0.1, 0.15) is 0 Å². The lowest BCUT2D eigenvalue weighted by Crippen LogP contribution is -2.48. The topological polar surface area (TPSA) is 99.8 Å². The molecular formula is C31H34N4O4. The third kappa shape index (κ3) is 6.65. The summed E-state index contributed by atoms with van der Waals surface area (Å²) in [5.74, 6) is -0.501. The summed E-state index contributed by atoms with van der Waals surface area (Å²) in [4.78, 5) is 41.2. The first kappa shape index (κ1) is 27.4. The number of nitrogens with one attached hydrogen (secondary N) is 3. The molecule has 202 valence electrons. The maximum Gasteiger partial charge on any atom is 0.338 e. The van der Waals surface area contributed by atoms with Crippen LogP contribution in [0.4, 0.5) is 21.0 Å². The highest BCUT2D eigenvalue weighted by atomic mass is 16.5. The molecule has 8 nitrogen and oxygen atoms in total. The van der Waals surface area contributed by atoms with E-state index in [0.29, 0.717) is 34.8 Å². The Morgan fingerprint density at radius 1 is 0.923 bits per heavy atom. The Bertz CT molecular complexity index is 1370. The van der Waals surface area contributed by atoms with Gasteiger partial charge in [-0.1, -0.05) is 67.9 Å². The largest absolute Gasteiger partial charge is 0.463 e. The zero-order valence-corrected chi connectivity index (χ0v) is 22.5. The molecule has 4 amide bonds. The number of urea groups is 2. The first-order chi connectivity index (χ1) is 18.9. The first-order valence-corrected chi connectivity index (χ1v) is 13.2. The van der Waals surface area contributed by atoms with Gasteiger partial charge in [0.05, 0.1) is 23.9 Å². The Hall–Kier alpha value is -4.59. The molecule has 3 aromatic rings. The van der Waals surface area contributed by atoms with E-state index >= 15 is 0 Å². The van der Waals surface area contributed by atoms with Crippen molar-refractivity contribution in [3.05, 3.63) is 101 Å². The van der Waals surface area contributed by atoms with Crippen LogP contribution in [0.3, 0.4) is 0 Å². The summed E-state index contributed by atoms with van der Waals surface area (Å²) >= 11 is 0. The molecular weight excluding hydrogens is 492 g/mol. The molecule has 0 fully saturated rings. The molecule has 0 aliphatic carbocycles. The van der Waals surface area contributed by atoms with Gasteiger partial charge < -0.3 is 20.7 Å². The molecule has 1 unspecified atom stereocenters. The van der Waals surface area contributed by atoms with Crippen LogP contribution < -0.4 is 16.0 Å². The Kier molecular flexibility index (Phi) is 8.99. The van der Waals surface area contributed by atoms with Crippen LogP contribution in [0.15, 0.2) is 84.4 Å². The zero-order chi connectivity index (χ0) is 27.8. The molecule has 3 N–H and O–H groups in total. The maximum atomic E-state index is 13.4. The molecule has 0 aromatic heterocycles. The standard InChI is InChI=1S/C31H34N4O4/c1-4-6-18-35-28(22-13-8-7-9-14-22)26(29(36)39-5-2)27(34-31(35)38)23-15-11-17-25(20-23)33-30(37)32-24-16-10-12-21(3)19-24/h7-17,19-20,27H,4-6,18H2,1-3H3,(H,34,38)(H2,32,33,37). The minimum Gasteiger partial charge on any atom is -0.463 e. The summed E-state index contributed by atoms with van der Waals surface area (Å²) in [7, 11) is 0. The number of anilines is 2. The number of esters is 1. The van der Waals surface area contributed by atoms with Crippen molar-refractivity contribution in [2.75, 3.05) is 23.8 Å². The van der Waals surface area contributed by atoms with Crippen molar-refractivity contribution < 1.29 is 19.1 Å². The van der Waals surface area contributed by atoms with E-state index in [-0.39, 0.29) is 12.6 Å². The summed E-state index contributed by atoms with van der Waals surface area (Å²) in [5, 5.41) is 8.68. The molecule has 0 spiro atoms. The molecule has 0 saturated carbocycles. The van der Waals surface area contributed by atoms with Crippen LogP contribution >= 0.6 is 0 Å². The number of hydrogen-bond acceptors (Lipinski definition) is 4. The monoisotopic (exact) mass is 526 g/mol. The van der Waals surface area contributed by atoms with E-state index in [1.807, 2.05) is 67.6 Å². The average molecular weight is 527 g/mol. The van der Waals surface area contributed by atoms with E-state index in [0.717, 1.165) is 24.0 Å². The average Bonchev–Trinajstić information content (AvgIpc) is 2.92. The molecule has 1 aliphatic heterocycles. The molecule has 3 aromatic carbocycles. The van der Waals surface area contributed by atoms with Gasteiger partial charge in [-0.15, -0.1) is 0 Å². The van der Waals surface area contributed by atoms with Crippen molar-refractivity contribution in [3.8, 4) is 0 Å². The lowest BCUT2D eigenvalue weighted by molar-refractivity contribution is -0.138. The molecule has 39 heavy (non-hydrogen) atoms. The number of hydrogen-bond donors (Lipinski definition) is 3. The van der Waals surface area contributed by atoms with Gasteiger partial charge in [0.2, 0.25) is 0 Å². The predicted octanol–water partition coefficient (Wildman–Crippen LogP) is 6.48. The lowest BCUT2D eigenvalue weighted by Gasteiger charge is -2.37. The molecule has 8 heteroatoms. The van der Waals surface area contributed by atoms with Crippen molar-refractivity contribution in [2.45, 2.75) is 39.7 Å². The van der Waals surface area contributed by atoms with E-state index in [1.165, 1.54) is 0 Å². The predicted molar refractivity (Wildman–Crippen MR) is 153 cm³/mol. The fourth-order valence-electron chi connectivity index (χ4n) is 4.58. The maximum absolute atomic E-state index is 13.4. The van der Waals surface area contributed by atoms with E-state index in [4.69, 9.17) is 4.74 Å². The van der Waals surface area contributed by atoms with Crippen LogP contribution in [0.5, 0.6) is 0 Å². The van der Waals surface area contributed by atoms with Crippen molar-refractivity contribution in [3.63, 3.8) is 0 Å². The molecule has 1 atom stereocenters. The van der Waals surface area contributed by atoms with Gasteiger partial charge in [0.15, 0.2) is 0 Å². The van der Waals surface area contributed by atoms with E-state index in [2.05, 4.69) is 22.9 Å². The second kappa shape index (κ2) is 12.8. The Morgan fingerprint density at radius 2 is 1.62 bits per heavy atom. The number of carbonyl (C=O) groups excluding carboxylic acids is 3. The van der Waals surface area contributed by atoms with Crippen LogP contribution in [0.25, 0.3) is 5.70 Å². The number of rotatable bonds is 9. The van der Waals surface area contributed by atoms with Crippen LogP contribution in [-0.4, -0.2) is 36.1 Å². The van der Waals surface area contributed by atoms with Crippen LogP contribution in [-0.2, 0) is 9.53 Å². The van der Waals surface area contributed by atoms with E-state index in [9.17, 15) is 14.4 Å². The minimum atomic E-state index is -0.772. The number of ether oxygens (including phenoxy) is 1. The number of benzene rings is 3. The highest BCUT2D eigenvalue weighted by Gasteiger charge is 2.38. The van der Waals surface area contributed by atoms with Crippen molar-refractivity contribution in [1.82, 2.24) is 10.2 Å². The van der Waals surface area contributed by atoms with Gasteiger partial charge in [-0.05, 0) is 61.2 Å². The molecule has 0 bridgehead atoms. The third-order valence-electron chi connectivity index (χ3n) is 6.36. The highest BCUT2D eigenvalue weighted by Crippen LogP contribution is 2.37. The van der Waals surface area contributed by atoms with Gasteiger partial charge in [0.25, 0.3) is 0 Å². The summed E-state index contributed by atoms with van der Waals surface area (Å²) in [6.07, 6.45) is 1.67. The minimum absolute atomic E-state index is 0.195. The normalized spacial score (nSPS) is 15.0. The SMILES string of the molecule is CCCCN1C(=O)NC(c2cccc(NC(=O)Nc3cccc(C)c3)c2)C(C(=O)OCC)=C1c1ccccc1. The Labute approximate surface area is 229 Å². The van der Waals surface area contributed by atoms with Gasteiger partial charge in [0, 0.05) is 17.9 Å². The number of unbranched alkanes of at least 4 members (excludes halogenated alkanes) is 1. The quantitative estimate of drug-likeness (QED) is 0.278. The summed E-state index contributed by atoms with van der Waals surface area (Å²) < 4.78 is 5.49. The molecule has 0 radical (unpaired) electrons. The van der Waals surface area contributed by atoms with Crippen LogP contribution in [0.2, 0.25) is 0 Å². The molecule has 1 aliphatic rings. The second-order valence-corrected chi connectivity index (χ2v) is 9.31. The highest BCUT2D eigenvalue weighted by molar-refractivity contribution is 6.05. The Balaban J connectivity index is 1.72. The third-order valence-corrected chi connectivity index (χ3v) is 6.36. The number of nitrogens with zero attached hydrogens (tertiary/aromatic N) is 1.